The second-order valence-electron chi connectivity index (χ2n) is 7.36. The fraction of sp³-hybridized carbons (Fsp3) is 0.579. The highest BCUT2D eigenvalue weighted by Crippen LogP contribution is 2.21. The van der Waals surface area contributed by atoms with Gasteiger partial charge < -0.3 is 19.7 Å². The largest absolute Gasteiger partial charge is 0.376 e. The zero-order valence-electron chi connectivity index (χ0n) is 16.1. The van der Waals surface area contributed by atoms with E-state index in [9.17, 15) is 4.79 Å². The van der Waals surface area contributed by atoms with Crippen LogP contribution in [0.25, 0.3) is 5.69 Å². The SMILES string of the molecule is Cc1ccc(-n2cnnn2)cc1NC(=O)N(CC1CCCO1)CC1CCCO1. The molecule has 0 spiro atoms. The van der Waals surface area contributed by atoms with Gasteiger partial charge in [-0.25, -0.2) is 9.48 Å². The average Bonchev–Trinajstić information content (AvgIpc) is 3.46. The number of aromatic nitrogens is 4. The van der Waals surface area contributed by atoms with E-state index in [0.717, 1.165) is 55.8 Å². The molecule has 9 nitrogen and oxygen atoms in total. The van der Waals surface area contributed by atoms with E-state index in [-0.39, 0.29) is 18.2 Å². The molecule has 1 N–H and O–H groups in total. The van der Waals surface area contributed by atoms with Crippen LogP contribution >= 0.6 is 0 Å². The van der Waals surface area contributed by atoms with Crippen molar-refractivity contribution in [1.29, 1.82) is 0 Å². The van der Waals surface area contributed by atoms with Gasteiger partial charge in [0.05, 0.1) is 17.9 Å². The number of hydrogen-bond acceptors (Lipinski definition) is 6. The first kappa shape index (κ1) is 18.8. The Morgan fingerprint density at radius 3 is 2.50 bits per heavy atom. The average molecular weight is 386 g/mol. The molecule has 2 aliphatic heterocycles. The minimum Gasteiger partial charge on any atom is -0.376 e. The number of aryl methyl sites for hydroxylation is 1. The molecule has 4 rings (SSSR count). The molecule has 2 amide bonds. The van der Waals surface area contributed by atoms with E-state index in [0.29, 0.717) is 13.1 Å². The molecule has 2 atom stereocenters. The third-order valence-corrected chi connectivity index (χ3v) is 5.26. The first-order valence-electron chi connectivity index (χ1n) is 9.82. The summed E-state index contributed by atoms with van der Waals surface area (Å²) in [6.07, 6.45) is 5.80. The molecule has 2 unspecified atom stereocenters. The first-order valence-corrected chi connectivity index (χ1v) is 9.82. The standard InChI is InChI=1S/C19H26N6O3/c1-14-6-7-15(25-13-20-22-23-25)10-18(14)21-19(26)24(11-16-4-2-8-27-16)12-17-5-3-9-28-17/h6-7,10,13,16-17H,2-5,8-9,11-12H2,1H3,(H,21,26). The lowest BCUT2D eigenvalue weighted by molar-refractivity contribution is 0.0524. The molecular weight excluding hydrogens is 360 g/mol. The molecule has 9 heteroatoms. The second-order valence-corrected chi connectivity index (χ2v) is 7.36. The van der Waals surface area contributed by atoms with Crippen LogP contribution in [0.3, 0.4) is 0 Å². The summed E-state index contributed by atoms with van der Waals surface area (Å²) in [7, 11) is 0. The van der Waals surface area contributed by atoms with Gasteiger partial charge in [0.15, 0.2) is 0 Å². The predicted octanol–water partition coefficient (Wildman–Crippen LogP) is 2.16. The van der Waals surface area contributed by atoms with Gasteiger partial charge in [-0.2, -0.15) is 0 Å². The van der Waals surface area contributed by atoms with Crippen LogP contribution in [-0.4, -0.2) is 69.6 Å². The number of nitrogens with zero attached hydrogens (tertiary/aromatic N) is 5. The van der Waals surface area contributed by atoms with Crippen molar-refractivity contribution in [1.82, 2.24) is 25.1 Å². The summed E-state index contributed by atoms with van der Waals surface area (Å²) in [5.41, 5.74) is 2.50. The predicted molar refractivity (Wildman–Crippen MR) is 102 cm³/mol. The van der Waals surface area contributed by atoms with E-state index in [2.05, 4.69) is 20.8 Å². The van der Waals surface area contributed by atoms with Crippen molar-refractivity contribution < 1.29 is 14.3 Å². The fourth-order valence-corrected chi connectivity index (χ4v) is 3.67. The van der Waals surface area contributed by atoms with E-state index in [1.54, 1.807) is 4.68 Å². The van der Waals surface area contributed by atoms with Crippen LogP contribution in [0.1, 0.15) is 31.2 Å². The maximum absolute atomic E-state index is 13.1. The number of benzene rings is 1. The number of hydrogen-bond donors (Lipinski definition) is 1. The zero-order chi connectivity index (χ0) is 19.3. The quantitative estimate of drug-likeness (QED) is 0.818. The van der Waals surface area contributed by atoms with Gasteiger partial charge in [-0.1, -0.05) is 6.07 Å². The Morgan fingerprint density at radius 1 is 1.21 bits per heavy atom. The Morgan fingerprint density at radius 2 is 1.93 bits per heavy atom. The Kier molecular flexibility index (Phi) is 5.82. The molecule has 2 aromatic rings. The smallest absolute Gasteiger partial charge is 0.322 e. The van der Waals surface area contributed by atoms with Crippen LogP contribution < -0.4 is 5.32 Å². The van der Waals surface area contributed by atoms with Gasteiger partial charge in [0.25, 0.3) is 0 Å². The maximum Gasteiger partial charge on any atom is 0.322 e. The molecule has 1 aromatic carbocycles. The van der Waals surface area contributed by atoms with Gasteiger partial charge in [-0.3, -0.25) is 0 Å². The lowest BCUT2D eigenvalue weighted by Gasteiger charge is -2.28. The van der Waals surface area contributed by atoms with Crippen LogP contribution in [0, 0.1) is 6.92 Å². The molecular formula is C19H26N6O3. The van der Waals surface area contributed by atoms with Crippen molar-refractivity contribution in [2.24, 2.45) is 0 Å². The number of carbonyl (C=O) groups excluding carboxylic acids is 1. The van der Waals surface area contributed by atoms with Crippen molar-refractivity contribution in [3.8, 4) is 5.69 Å². The van der Waals surface area contributed by atoms with Crippen LogP contribution in [0.2, 0.25) is 0 Å². The third-order valence-electron chi connectivity index (χ3n) is 5.26. The highest BCUT2D eigenvalue weighted by atomic mass is 16.5. The number of amides is 2. The second kappa shape index (κ2) is 8.66. The molecule has 0 saturated carbocycles. The summed E-state index contributed by atoms with van der Waals surface area (Å²) in [4.78, 5) is 14.9. The van der Waals surface area contributed by atoms with Crippen molar-refractivity contribution in [3.05, 3.63) is 30.1 Å². The van der Waals surface area contributed by atoms with Crippen molar-refractivity contribution >= 4 is 11.7 Å². The molecule has 2 fully saturated rings. The Hall–Kier alpha value is -2.52. The van der Waals surface area contributed by atoms with Gasteiger partial charge >= 0.3 is 6.03 Å². The molecule has 0 aliphatic carbocycles. The first-order chi connectivity index (χ1) is 13.7. The van der Waals surface area contributed by atoms with Gasteiger partial charge in [-0.05, 0) is 60.7 Å². The monoisotopic (exact) mass is 386 g/mol. The number of rotatable bonds is 6. The number of carbonyl (C=O) groups is 1. The normalized spacial score (nSPS) is 21.8. The summed E-state index contributed by atoms with van der Waals surface area (Å²) in [5.74, 6) is 0. The van der Waals surface area contributed by atoms with Crippen LogP contribution in [0.5, 0.6) is 0 Å². The summed E-state index contributed by atoms with van der Waals surface area (Å²) in [5, 5.41) is 14.3. The molecule has 1 aromatic heterocycles. The highest BCUT2D eigenvalue weighted by molar-refractivity contribution is 5.90. The Bertz CT molecular complexity index is 767. The number of tetrazole rings is 1. The highest BCUT2D eigenvalue weighted by Gasteiger charge is 2.27. The molecule has 28 heavy (non-hydrogen) atoms. The zero-order valence-corrected chi connectivity index (χ0v) is 16.1. The molecule has 0 radical (unpaired) electrons. The number of anilines is 1. The van der Waals surface area contributed by atoms with Gasteiger partial charge in [0.2, 0.25) is 0 Å². The maximum atomic E-state index is 13.1. The Labute approximate surface area is 164 Å². The topological polar surface area (TPSA) is 94.4 Å². The summed E-state index contributed by atoms with van der Waals surface area (Å²) in [6, 6.07) is 5.59. The minimum absolute atomic E-state index is 0.0980. The Balaban J connectivity index is 1.48. The van der Waals surface area contributed by atoms with Crippen molar-refractivity contribution in [3.63, 3.8) is 0 Å². The van der Waals surface area contributed by atoms with Crippen LogP contribution in [-0.2, 0) is 9.47 Å². The van der Waals surface area contributed by atoms with E-state index < -0.39 is 0 Å². The van der Waals surface area contributed by atoms with Gasteiger partial charge in [-0.15, -0.1) is 5.10 Å². The lowest BCUT2D eigenvalue weighted by atomic mass is 10.1. The molecule has 3 heterocycles. The van der Waals surface area contributed by atoms with Crippen molar-refractivity contribution in [2.75, 3.05) is 31.6 Å². The summed E-state index contributed by atoms with van der Waals surface area (Å²) < 4.78 is 13.1. The van der Waals surface area contributed by atoms with E-state index in [1.165, 1.54) is 6.33 Å². The van der Waals surface area contributed by atoms with Gasteiger partial charge in [0, 0.05) is 32.0 Å². The molecule has 0 bridgehead atoms. The number of urea groups is 1. The van der Waals surface area contributed by atoms with Crippen LogP contribution in [0.4, 0.5) is 10.5 Å². The summed E-state index contributed by atoms with van der Waals surface area (Å²) in [6.45, 7) is 4.67. The molecule has 2 aliphatic rings. The van der Waals surface area contributed by atoms with Gasteiger partial charge in [0.1, 0.15) is 6.33 Å². The van der Waals surface area contributed by atoms with E-state index >= 15 is 0 Å². The fourth-order valence-electron chi connectivity index (χ4n) is 3.67. The van der Waals surface area contributed by atoms with Crippen LogP contribution in [0.15, 0.2) is 24.5 Å². The van der Waals surface area contributed by atoms with E-state index in [4.69, 9.17) is 9.47 Å². The minimum atomic E-state index is -0.136. The number of nitrogens with one attached hydrogen (secondary N) is 1. The third kappa shape index (κ3) is 4.48. The van der Waals surface area contributed by atoms with Crippen molar-refractivity contribution in [2.45, 2.75) is 44.8 Å². The summed E-state index contributed by atoms with van der Waals surface area (Å²) >= 11 is 0. The lowest BCUT2D eigenvalue weighted by Crippen LogP contribution is -2.44. The van der Waals surface area contributed by atoms with E-state index in [1.807, 2.05) is 30.0 Å². The molecule has 150 valence electrons. The number of ether oxygens (including phenoxy) is 2. The molecule has 2 saturated heterocycles.